The molecular weight excluding hydrogens is 637 g/mol. The van der Waals surface area contributed by atoms with Gasteiger partial charge in [0.05, 0.1) is 16.7 Å². The Morgan fingerprint density at radius 1 is 0.529 bits per heavy atom. The zero-order chi connectivity index (χ0) is 35.1. The molecule has 0 N–H and O–H groups in total. The van der Waals surface area contributed by atoms with E-state index < -0.39 is 8.07 Å². The largest absolute Gasteiger partial charge is 0.309 e. The third kappa shape index (κ3) is 4.79. The predicted octanol–water partition coefficient (Wildman–Crippen LogP) is 8.32. The third-order valence-electron chi connectivity index (χ3n) is 10.9. The number of pyridine rings is 1. The van der Waals surface area contributed by atoms with Crippen LogP contribution in [-0.2, 0) is 10.8 Å². The van der Waals surface area contributed by atoms with Gasteiger partial charge in [0.1, 0.15) is 0 Å². The second-order valence-electron chi connectivity index (χ2n) is 16.0. The summed E-state index contributed by atoms with van der Waals surface area (Å²) in [5.41, 5.74) is 10.00. The summed E-state index contributed by atoms with van der Waals surface area (Å²) in [6.45, 7) is 13.9. The lowest BCUT2D eigenvalue weighted by Crippen LogP contribution is -2.73. The molecule has 0 aliphatic carbocycles. The summed E-state index contributed by atoms with van der Waals surface area (Å²) in [4.78, 5) is 5.23. The standard InChI is InChI=1S/C46H42N4Si/c1-45(2,3)31-18-22-42-38(27-31)39-28-32(46(4,5)6)19-23-43(39)51(42,44-17-9-10-24-47-44)35-14-11-13-34(29-35)50-40-16-8-7-15-36(40)37-21-20-33(30-41(37)50)49-26-12-25-48-49/h7-30H,1-6H3. The molecule has 0 unspecified atom stereocenters. The van der Waals surface area contributed by atoms with E-state index in [4.69, 9.17) is 4.98 Å². The van der Waals surface area contributed by atoms with E-state index >= 15 is 0 Å². The number of fused-ring (bicyclic) bond motifs is 6. The SMILES string of the molecule is CC(C)(C)c1ccc2c(c1)-c1cc(C(C)(C)C)ccc1[Si]2(c1cccc(-n2c3ccccc3c3ccc(-n4cccn4)cc32)c1)c1ccccn1. The number of rotatable bonds is 4. The van der Waals surface area contributed by atoms with Gasteiger partial charge in [-0.3, -0.25) is 4.98 Å². The van der Waals surface area contributed by atoms with Crippen LogP contribution in [0.5, 0.6) is 0 Å². The van der Waals surface area contributed by atoms with Gasteiger partial charge in [0, 0.05) is 40.4 Å². The fourth-order valence-corrected chi connectivity index (χ4v) is 13.2. The first-order valence-electron chi connectivity index (χ1n) is 17.9. The van der Waals surface area contributed by atoms with E-state index in [0.29, 0.717) is 0 Å². The molecule has 0 atom stereocenters. The Bertz CT molecular complexity index is 2540. The van der Waals surface area contributed by atoms with Crippen LogP contribution in [0.4, 0.5) is 0 Å². The van der Waals surface area contributed by atoms with Crippen molar-refractivity contribution < 1.29 is 0 Å². The summed E-state index contributed by atoms with van der Waals surface area (Å²) < 4.78 is 4.37. The van der Waals surface area contributed by atoms with E-state index in [9.17, 15) is 0 Å². The fraction of sp³-hybridized carbons (Fsp3) is 0.174. The van der Waals surface area contributed by atoms with Gasteiger partial charge in [0.2, 0.25) is 8.07 Å². The van der Waals surface area contributed by atoms with Crippen molar-refractivity contribution in [3.63, 3.8) is 0 Å². The van der Waals surface area contributed by atoms with E-state index in [0.717, 1.165) is 22.2 Å². The molecule has 1 aliphatic rings. The topological polar surface area (TPSA) is 35.6 Å². The van der Waals surface area contributed by atoms with E-state index in [1.54, 1.807) is 0 Å². The summed E-state index contributed by atoms with van der Waals surface area (Å²) in [5.74, 6) is 0. The molecule has 1 aliphatic heterocycles. The molecule has 5 heteroatoms. The summed E-state index contributed by atoms with van der Waals surface area (Å²) in [5, 5.41) is 12.3. The summed E-state index contributed by atoms with van der Waals surface area (Å²) >= 11 is 0. The molecule has 0 saturated heterocycles. The molecule has 3 aromatic heterocycles. The molecule has 0 bridgehead atoms. The Hall–Kier alpha value is -5.52. The van der Waals surface area contributed by atoms with E-state index in [1.165, 1.54) is 54.1 Å². The number of hydrogen-bond donors (Lipinski definition) is 0. The van der Waals surface area contributed by atoms with Gasteiger partial charge in [-0.15, -0.1) is 0 Å². The van der Waals surface area contributed by atoms with E-state index in [-0.39, 0.29) is 10.8 Å². The first-order valence-corrected chi connectivity index (χ1v) is 19.9. The Kier molecular flexibility index (Phi) is 6.93. The lowest BCUT2D eigenvalue weighted by molar-refractivity contribution is 0.589. The average Bonchev–Trinajstić information content (AvgIpc) is 3.85. The first-order chi connectivity index (χ1) is 24.5. The van der Waals surface area contributed by atoms with Gasteiger partial charge in [-0.2, -0.15) is 5.10 Å². The van der Waals surface area contributed by atoms with Crippen LogP contribution < -0.4 is 20.9 Å². The Morgan fingerprint density at radius 3 is 1.86 bits per heavy atom. The van der Waals surface area contributed by atoms with Gasteiger partial charge in [-0.05, 0) is 97.2 Å². The normalized spacial score (nSPS) is 13.8. The highest BCUT2D eigenvalue weighted by Crippen LogP contribution is 2.37. The molecule has 0 spiro atoms. The summed E-state index contributed by atoms with van der Waals surface area (Å²) in [7, 11) is -2.86. The third-order valence-corrected chi connectivity index (χ3v) is 15.6. The van der Waals surface area contributed by atoms with Gasteiger partial charge in [-0.1, -0.05) is 120 Å². The van der Waals surface area contributed by atoms with Crippen molar-refractivity contribution in [3.05, 3.63) is 157 Å². The van der Waals surface area contributed by atoms with Crippen molar-refractivity contribution in [1.82, 2.24) is 19.3 Å². The van der Waals surface area contributed by atoms with Gasteiger partial charge >= 0.3 is 0 Å². The number of para-hydroxylation sites is 1. The molecule has 9 rings (SSSR count). The first kappa shape index (κ1) is 31.5. The van der Waals surface area contributed by atoms with Crippen molar-refractivity contribution in [2.24, 2.45) is 0 Å². The molecule has 0 saturated carbocycles. The quantitative estimate of drug-likeness (QED) is 0.176. The van der Waals surface area contributed by atoms with Gasteiger partial charge < -0.3 is 4.57 Å². The van der Waals surface area contributed by atoms with Crippen LogP contribution in [0.15, 0.2) is 146 Å². The van der Waals surface area contributed by atoms with Crippen LogP contribution in [0, 0.1) is 0 Å². The summed E-state index contributed by atoms with van der Waals surface area (Å²) in [6.07, 6.45) is 5.81. The number of benzene rings is 5. The highest BCUT2D eigenvalue weighted by Gasteiger charge is 2.50. The van der Waals surface area contributed by atoms with E-state index in [1.807, 2.05) is 35.4 Å². The maximum absolute atomic E-state index is 5.23. The second kappa shape index (κ2) is 11.2. The van der Waals surface area contributed by atoms with Crippen LogP contribution >= 0.6 is 0 Å². The number of hydrogen-bond acceptors (Lipinski definition) is 2. The molecular formula is C46H42N4Si. The lowest BCUT2D eigenvalue weighted by Gasteiger charge is -2.31. The smallest absolute Gasteiger partial charge is 0.203 e. The van der Waals surface area contributed by atoms with Crippen LogP contribution in [-0.4, -0.2) is 27.4 Å². The summed E-state index contributed by atoms with van der Waals surface area (Å²) in [6, 6.07) is 47.8. The average molecular weight is 679 g/mol. The Morgan fingerprint density at radius 2 is 1.22 bits per heavy atom. The van der Waals surface area contributed by atoms with Crippen LogP contribution in [0.1, 0.15) is 52.7 Å². The van der Waals surface area contributed by atoms with Crippen LogP contribution in [0.2, 0.25) is 0 Å². The molecule has 5 aromatic carbocycles. The predicted molar refractivity (Wildman–Crippen MR) is 216 cm³/mol. The zero-order valence-corrected chi connectivity index (χ0v) is 31.1. The number of aromatic nitrogens is 4. The fourth-order valence-electron chi connectivity index (χ4n) is 8.27. The monoisotopic (exact) mass is 678 g/mol. The molecule has 0 radical (unpaired) electrons. The minimum atomic E-state index is -2.86. The van der Waals surface area contributed by atoms with Gasteiger partial charge in [0.15, 0.2) is 0 Å². The highest BCUT2D eigenvalue weighted by molar-refractivity contribution is 7.21. The van der Waals surface area contributed by atoms with Crippen molar-refractivity contribution in [2.45, 2.75) is 52.4 Å². The van der Waals surface area contributed by atoms with Crippen molar-refractivity contribution in [1.29, 1.82) is 0 Å². The number of nitrogens with zero attached hydrogens (tertiary/aromatic N) is 4. The van der Waals surface area contributed by atoms with Crippen molar-refractivity contribution >= 4 is 50.8 Å². The lowest BCUT2D eigenvalue weighted by atomic mass is 9.83. The van der Waals surface area contributed by atoms with Crippen molar-refractivity contribution in [3.8, 4) is 22.5 Å². The Labute approximate surface area is 301 Å². The minimum absolute atomic E-state index is 0.0279. The van der Waals surface area contributed by atoms with Crippen LogP contribution in [0.3, 0.4) is 0 Å². The molecule has 4 heterocycles. The molecule has 250 valence electrons. The molecule has 0 amide bonds. The van der Waals surface area contributed by atoms with Gasteiger partial charge in [-0.25, -0.2) is 4.68 Å². The van der Waals surface area contributed by atoms with Crippen molar-refractivity contribution in [2.75, 3.05) is 0 Å². The molecule has 8 aromatic rings. The molecule has 0 fully saturated rings. The minimum Gasteiger partial charge on any atom is -0.309 e. The zero-order valence-electron chi connectivity index (χ0n) is 30.1. The molecule has 51 heavy (non-hydrogen) atoms. The van der Waals surface area contributed by atoms with Gasteiger partial charge in [0.25, 0.3) is 0 Å². The maximum Gasteiger partial charge on any atom is 0.203 e. The second-order valence-corrected chi connectivity index (χ2v) is 19.7. The Balaban J connectivity index is 1.36. The molecule has 4 nitrogen and oxygen atoms in total. The maximum atomic E-state index is 5.23. The van der Waals surface area contributed by atoms with E-state index in [2.05, 4.69) is 166 Å². The highest BCUT2D eigenvalue weighted by atomic mass is 28.3. The van der Waals surface area contributed by atoms with Crippen LogP contribution in [0.25, 0.3) is 44.3 Å².